The van der Waals surface area contributed by atoms with Gasteiger partial charge in [-0.15, -0.1) is 0 Å². The van der Waals surface area contributed by atoms with Crippen molar-refractivity contribution in [2.24, 2.45) is 0 Å². The number of hydrogen-bond acceptors (Lipinski definition) is 5. The second-order valence-corrected chi connectivity index (χ2v) is 15.4. The molecule has 2 rings (SSSR count). The largest absolute Gasteiger partial charge is 0.465 e. The summed E-state index contributed by atoms with van der Waals surface area (Å²) in [6.07, 6.45) is 0.675. The molecule has 0 fully saturated rings. The number of amides is 1. The molecule has 0 aliphatic carbocycles. The summed E-state index contributed by atoms with van der Waals surface area (Å²) in [6, 6.07) is 7.48. The highest BCUT2D eigenvalue weighted by Crippen LogP contribution is 2.37. The van der Waals surface area contributed by atoms with Crippen LogP contribution >= 0.6 is 0 Å². The minimum Gasteiger partial charge on any atom is -0.465 e. The van der Waals surface area contributed by atoms with Gasteiger partial charge in [0.2, 0.25) is 0 Å². The third kappa shape index (κ3) is 6.10. The van der Waals surface area contributed by atoms with E-state index in [0.29, 0.717) is 12.3 Å². The van der Waals surface area contributed by atoms with Gasteiger partial charge in [-0.25, -0.2) is 4.79 Å². The number of carbonyl (C=O) groups is 1. The number of para-hydroxylation sites is 1. The third-order valence-corrected chi connectivity index (χ3v) is 10.5. The van der Waals surface area contributed by atoms with E-state index in [2.05, 4.69) is 44.2 Å². The van der Waals surface area contributed by atoms with E-state index in [1.54, 1.807) is 6.20 Å². The Labute approximate surface area is 187 Å². The van der Waals surface area contributed by atoms with Gasteiger partial charge in [0, 0.05) is 17.5 Å². The van der Waals surface area contributed by atoms with Gasteiger partial charge in [-0.1, -0.05) is 39.0 Å². The minimum absolute atomic E-state index is 0.0520. The van der Waals surface area contributed by atoms with Crippen molar-refractivity contribution in [1.29, 1.82) is 0 Å². The van der Waals surface area contributed by atoms with Crippen molar-refractivity contribution in [3.63, 3.8) is 0 Å². The van der Waals surface area contributed by atoms with Crippen LogP contribution in [0.1, 0.15) is 41.5 Å². The monoisotopic (exact) mass is 446 g/mol. The highest BCUT2D eigenvalue weighted by atomic mass is 28.4. The van der Waals surface area contributed by atoms with Crippen LogP contribution in [0.3, 0.4) is 0 Å². The van der Waals surface area contributed by atoms with Crippen LogP contribution < -0.4 is 11.1 Å². The van der Waals surface area contributed by atoms with Gasteiger partial charge in [0.1, 0.15) is 0 Å². The highest BCUT2D eigenvalue weighted by molar-refractivity contribution is 6.74. The molecular weight excluding hydrogens is 408 g/mol. The van der Waals surface area contributed by atoms with Gasteiger partial charge >= 0.3 is 6.09 Å². The zero-order valence-electron chi connectivity index (χ0n) is 20.1. The molecule has 31 heavy (non-hydrogen) atoms. The van der Waals surface area contributed by atoms with Crippen molar-refractivity contribution < 1.29 is 14.3 Å². The zero-order chi connectivity index (χ0) is 23.6. The summed E-state index contributed by atoms with van der Waals surface area (Å²) in [5.74, 6) is 0. The zero-order valence-corrected chi connectivity index (χ0v) is 21.1. The summed E-state index contributed by atoms with van der Waals surface area (Å²) in [5.41, 5.74) is 7.84. The van der Waals surface area contributed by atoms with Crippen molar-refractivity contribution in [2.75, 3.05) is 24.2 Å². The summed E-state index contributed by atoms with van der Waals surface area (Å²) in [7, 11) is -2.03. The summed E-state index contributed by atoms with van der Waals surface area (Å²) in [4.78, 5) is 17.8. The van der Waals surface area contributed by atoms with Crippen LogP contribution in [-0.4, -0.2) is 54.1 Å². The molecule has 4 N–H and O–H groups in total. The molecule has 1 atom stereocenters. The normalized spacial score (nSPS) is 13.8. The number of carboxylic acid groups (broad SMARTS) is 1. The molecule has 0 radical (unpaired) electrons. The molecule has 172 valence electrons. The van der Waals surface area contributed by atoms with E-state index in [9.17, 15) is 9.90 Å². The van der Waals surface area contributed by atoms with E-state index < -0.39 is 19.9 Å². The first-order valence-corrected chi connectivity index (χ1v) is 13.6. The Morgan fingerprint density at radius 3 is 2.39 bits per heavy atom. The molecule has 0 spiro atoms. The van der Waals surface area contributed by atoms with Gasteiger partial charge in [-0.3, -0.25) is 4.98 Å². The highest BCUT2D eigenvalue weighted by Gasteiger charge is 2.38. The number of nitrogens with zero attached hydrogens (tertiary/aromatic N) is 2. The molecule has 1 aromatic heterocycles. The van der Waals surface area contributed by atoms with E-state index in [0.717, 1.165) is 16.6 Å². The molecule has 8 heteroatoms. The molecule has 1 aromatic carbocycles. The van der Waals surface area contributed by atoms with Gasteiger partial charge in [0.25, 0.3) is 0 Å². The second kappa shape index (κ2) is 9.04. The molecule has 0 bridgehead atoms. The second-order valence-electron chi connectivity index (χ2n) is 10.6. The van der Waals surface area contributed by atoms with Crippen molar-refractivity contribution in [1.82, 2.24) is 9.88 Å². The Morgan fingerprint density at radius 2 is 1.84 bits per heavy atom. The van der Waals surface area contributed by atoms with Crippen LogP contribution in [-0.2, 0) is 4.43 Å². The summed E-state index contributed by atoms with van der Waals surface area (Å²) < 4.78 is 6.47. The third-order valence-electron chi connectivity index (χ3n) is 6.05. The average molecular weight is 447 g/mol. The van der Waals surface area contributed by atoms with Crippen LogP contribution in [0.15, 0.2) is 30.5 Å². The number of rotatable bonds is 7. The Bertz CT molecular complexity index is 919. The summed E-state index contributed by atoms with van der Waals surface area (Å²) in [5, 5.41) is 14.3. The molecule has 0 saturated heterocycles. The van der Waals surface area contributed by atoms with Crippen LogP contribution in [0.25, 0.3) is 10.9 Å². The van der Waals surface area contributed by atoms with Crippen LogP contribution in [0.5, 0.6) is 0 Å². The minimum atomic E-state index is -2.03. The van der Waals surface area contributed by atoms with Gasteiger partial charge in [0.05, 0.1) is 35.7 Å². The van der Waals surface area contributed by atoms with Crippen molar-refractivity contribution in [2.45, 2.75) is 71.3 Å². The number of fused-ring (bicyclic) bond motifs is 1. The predicted molar refractivity (Wildman–Crippen MR) is 131 cm³/mol. The Hall–Kier alpha value is -2.32. The molecular formula is C23H38N4O3Si. The molecule has 1 amide bonds. The first-order valence-electron chi connectivity index (χ1n) is 10.7. The van der Waals surface area contributed by atoms with Crippen molar-refractivity contribution >= 4 is 36.7 Å². The lowest BCUT2D eigenvalue weighted by atomic mass is 10.1. The molecule has 2 aromatic rings. The van der Waals surface area contributed by atoms with Crippen LogP contribution in [0, 0.1) is 0 Å². The number of nitrogen functional groups attached to an aromatic ring is 1. The smallest absolute Gasteiger partial charge is 0.407 e. The van der Waals surface area contributed by atoms with E-state index >= 15 is 0 Å². The Morgan fingerprint density at radius 1 is 1.23 bits per heavy atom. The molecule has 7 nitrogen and oxygen atoms in total. The standard InChI is InChI=1S/C23H38N4O3Si/c1-22(2,3)27(21(28)29)14-16(15-30-31(7,8)23(4,5)6)26-20-17-11-9-10-12-19(17)25-13-18(20)24/h9-13,16H,14-15,24H2,1-8H3,(H,25,26)(H,28,29)/t16-/m0/s1. The van der Waals surface area contributed by atoms with Crippen LogP contribution in [0.2, 0.25) is 18.1 Å². The summed E-state index contributed by atoms with van der Waals surface area (Å²) in [6.45, 7) is 17.3. The van der Waals surface area contributed by atoms with Crippen molar-refractivity contribution in [3.8, 4) is 0 Å². The number of aromatic nitrogens is 1. The fraction of sp³-hybridized carbons (Fsp3) is 0.565. The molecule has 1 heterocycles. The Kier molecular flexibility index (Phi) is 7.27. The van der Waals surface area contributed by atoms with E-state index in [1.165, 1.54) is 4.90 Å². The summed E-state index contributed by atoms with van der Waals surface area (Å²) >= 11 is 0. The van der Waals surface area contributed by atoms with E-state index in [-0.39, 0.29) is 17.6 Å². The van der Waals surface area contributed by atoms with Gasteiger partial charge in [0.15, 0.2) is 8.32 Å². The lowest BCUT2D eigenvalue weighted by molar-refractivity contribution is 0.0924. The maximum atomic E-state index is 12.0. The fourth-order valence-electron chi connectivity index (χ4n) is 3.05. The first kappa shape index (κ1) is 24.9. The number of nitrogens with one attached hydrogen (secondary N) is 1. The number of pyridine rings is 1. The maximum absolute atomic E-state index is 12.0. The maximum Gasteiger partial charge on any atom is 0.407 e. The van der Waals surface area contributed by atoms with Crippen molar-refractivity contribution in [3.05, 3.63) is 30.5 Å². The average Bonchev–Trinajstić information content (AvgIpc) is 2.63. The molecule has 0 saturated carbocycles. The first-order chi connectivity index (χ1) is 14.1. The molecule has 0 unspecified atom stereocenters. The molecule has 0 aliphatic heterocycles. The number of benzene rings is 1. The predicted octanol–water partition coefficient (Wildman–Crippen LogP) is 5.40. The SMILES string of the molecule is CC(C)(C)N(C[C@@H](CO[Si](C)(C)C(C)(C)C)Nc1c(N)cnc2ccccc12)C(=O)O. The lowest BCUT2D eigenvalue weighted by Crippen LogP contribution is -2.52. The molecule has 0 aliphatic rings. The Balaban J connectivity index is 2.40. The number of hydrogen-bond donors (Lipinski definition) is 3. The number of anilines is 2. The quantitative estimate of drug-likeness (QED) is 0.492. The fourth-order valence-corrected chi connectivity index (χ4v) is 4.10. The lowest BCUT2D eigenvalue weighted by Gasteiger charge is -2.40. The van der Waals surface area contributed by atoms with E-state index in [1.807, 2.05) is 45.0 Å². The van der Waals surface area contributed by atoms with Crippen LogP contribution in [0.4, 0.5) is 16.2 Å². The van der Waals surface area contributed by atoms with Gasteiger partial charge < -0.3 is 25.5 Å². The number of nitrogens with two attached hydrogens (primary N) is 1. The van der Waals surface area contributed by atoms with E-state index in [4.69, 9.17) is 10.2 Å². The van der Waals surface area contributed by atoms with Gasteiger partial charge in [-0.05, 0) is 45.0 Å². The van der Waals surface area contributed by atoms with Gasteiger partial charge in [-0.2, -0.15) is 0 Å². The topological polar surface area (TPSA) is 101 Å².